The van der Waals surface area contributed by atoms with Crippen LogP contribution in [-0.2, 0) is 23.8 Å². The molecule has 6 rings (SSSR count). The van der Waals surface area contributed by atoms with Crippen molar-refractivity contribution in [3.63, 3.8) is 0 Å². The first-order valence-electron chi connectivity index (χ1n) is 9.60. The average molecular weight is 360 g/mol. The van der Waals surface area contributed by atoms with E-state index in [4.69, 9.17) is 14.2 Å². The Labute approximate surface area is 151 Å². The molecule has 0 amide bonds. The number of epoxide rings is 1. The highest BCUT2D eigenvalue weighted by molar-refractivity contribution is 5.86. The zero-order valence-electron chi connectivity index (χ0n) is 15.1. The van der Waals surface area contributed by atoms with E-state index in [9.17, 15) is 14.7 Å². The SMILES string of the molecule is C=C1C[C@]23C[C@@]1(O)CC[C@@H]2[C@@]12C[C@@H]4O[C@@H]4[C@@](C)(C(=O)O1)[C@H]2[C@@H]3C(=O)OC. The van der Waals surface area contributed by atoms with Gasteiger partial charge >= 0.3 is 11.9 Å². The summed E-state index contributed by atoms with van der Waals surface area (Å²) in [5.41, 5.74) is -2.00. The number of ether oxygens (including phenoxy) is 3. The Kier molecular flexibility index (Phi) is 2.43. The number of methoxy groups -OCH3 is 1. The van der Waals surface area contributed by atoms with Gasteiger partial charge in [-0.1, -0.05) is 6.58 Å². The molecule has 1 N–H and O–H groups in total. The second-order valence-electron chi connectivity index (χ2n) is 9.72. The van der Waals surface area contributed by atoms with Crippen molar-refractivity contribution in [3.8, 4) is 0 Å². The fourth-order valence-corrected chi connectivity index (χ4v) is 8.11. The Morgan fingerprint density at radius 1 is 1.42 bits per heavy atom. The van der Waals surface area contributed by atoms with Gasteiger partial charge in [0.05, 0.1) is 24.7 Å². The van der Waals surface area contributed by atoms with Crippen LogP contribution in [0.5, 0.6) is 0 Å². The molecule has 2 saturated heterocycles. The van der Waals surface area contributed by atoms with Crippen LogP contribution in [0.3, 0.4) is 0 Å². The van der Waals surface area contributed by atoms with Crippen LogP contribution in [0.25, 0.3) is 0 Å². The van der Waals surface area contributed by atoms with E-state index in [0.29, 0.717) is 25.7 Å². The van der Waals surface area contributed by atoms with Crippen molar-refractivity contribution in [2.45, 2.75) is 62.4 Å². The van der Waals surface area contributed by atoms with Crippen LogP contribution in [0.1, 0.15) is 39.0 Å². The van der Waals surface area contributed by atoms with Crippen molar-refractivity contribution >= 4 is 11.9 Å². The number of rotatable bonds is 1. The minimum atomic E-state index is -0.906. The van der Waals surface area contributed by atoms with Gasteiger partial charge in [-0.25, -0.2) is 0 Å². The molecule has 4 bridgehead atoms. The first-order chi connectivity index (χ1) is 12.2. The Morgan fingerprint density at radius 2 is 2.19 bits per heavy atom. The maximum absolute atomic E-state index is 13.1. The zero-order valence-corrected chi connectivity index (χ0v) is 15.1. The van der Waals surface area contributed by atoms with Crippen LogP contribution in [0, 0.1) is 28.6 Å². The Morgan fingerprint density at radius 3 is 2.92 bits per heavy atom. The lowest BCUT2D eigenvalue weighted by atomic mass is 9.60. The van der Waals surface area contributed by atoms with Crippen molar-refractivity contribution in [2.24, 2.45) is 28.6 Å². The monoisotopic (exact) mass is 360 g/mol. The molecule has 6 nitrogen and oxygen atoms in total. The number of fused-ring (bicyclic) bond motifs is 3. The van der Waals surface area contributed by atoms with Crippen molar-refractivity contribution < 1.29 is 28.9 Å². The van der Waals surface area contributed by atoms with E-state index in [1.165, 1.54) is 7.11 Å². The lowest BCUT2D eigenvalue weighted by molar-refractivity contribution is -0.165. The first kappa shape index (κ1) is 15.6. The van der Waals surface area contributed by atoms with E-state index in [1.807, 2.05) is 6.92 Å². The van der Waals surface area contributed by atoms with E-state index < -0.39 is 27.9 Å². The van der Waals surface area contributed by atoms with Crippen LogP contribution < -0.4 is 0 Å². The van der Waals surface area contributed by atoms with Gasteiger partial charge in [-0.15, -0.1) is 0 Å². The Hall–Kier alpha value is -1.40. The minimum absolute atomic E-state index is 0.0412. The highest BCUT2D eigenvalue weighted by Gasteiger charge is 2.88. The van der Waals surface area contributed by atoms with Crippen LogP contribution in [0.15, 0.2) is 12.2 Å². The lowest BCUT2D eigenvalue weighted by Gasteiger charge is -2.45. The predicted molar refractivity (Wildman–Crippen MR) is 87.7 cm³/mol. The number of carbonyl (C=O) groups is 2. The molecule has 0 unspecified atom stereocenters. The van der Waals surface area contributed by atoms with Gasteiger partial charge in [-0.3, -0.25) is 9.59 Å². The third kappa shape index (κ3) is 1.31. The van der Waals surface area contributed by atoms with Crippen LogP contribution >= 0.6 is 0 Å². The lowest BCUT2D eigenvalue weighted by Crippen LogP contribution is -2.50. The van der Waals surface area contributed by atoms with Gasteiger partial charge in [0.2, 0.25) is 0 Å². The summed E-state index contributed by atoms with van der Waals surface area (Å²) in [7, 11) is 1.41. The highest BCUT2D eigenvalue weighted by atomic mass is 16.6. The maximum atomic E-state index is 13.1. The number of esters is 2. The molecule has 140 valence electrons. The molecule has 6 aliphatic rings. The average Bonchev–Trinajstić information content (AvgIpc) is 3.23. The fourth-order valence-electron chi connectivity index (χ4n) is 8.11. The van der Waals surface area contributed by atoms with E-state index >= 15 is 0 Å². The topological polar surface area (TPSA) is 85.4 Å². The van der Waals surface area contributed by atoms with Crippen LogP contribution in [-0.4, -0.2) is 47.6 Å². The molecule has 1 spiro atoms. The molecule has 6 heteroatoms. The third-order valence-corrected chi connectivity index (χ3v) is 8.95. The largest absolute Gasteiger partial charge is 0.469 e. The van der Waals surface area contributed by atoms with Gasteiger partial charge in [0.1, 0.15) is 17.1 Å². The van der Waals surface area contributed by atoms with Crippen molar-refractivity contribution in [1.29, 1.82) is 0 Å². The van der Waals surface area contributed by atoms with Crippen molar-refractivity contribution in [2.75, 3.05) is 7.11 Å². The molecule has 26 heavy (non-hydrogen) atoms. The van der Waals surface area contributed by atoms with Gasteiger partial charge in [-0.2, -0.15) is 0 Å². The molecular weight excluding hydrogens is 336 g/mol. The Balaban J connectivity index is 1.60. The predicted octanol–water partition coefficient (Wildman–Crippen LogP) is 1.36. The van der Waals surface area contributed by atoms with Gasteiger partial charge in [0, 0.05) is 18.3 Å². The quantitative estimate of drug-likeness (QED) is 0.432. The summed E-state index contributed by atoms with van der Waals surface area (Å²) in [6, 6.07) is 0. The van der Waals surface area contributed by atoms with Gasteiger partial charge in [0.15, 0.2) is 0 Å². The number of carbonyl (C=O) groups excluding carboxylic acids is 2. The fraction of sp³-hybridized carbons (Fsp3) is 0.800. The van der Waals surface area contributed by atoms with E-state index in [0.717, 1.165) is 12.0 Å². The molecule has 2 heterocycles. The van der Waals surface area contributed by atoms with Gasteiger partial charge in [-0.05, 0) is 43.6 Å². The number of hydrogen-bond acceptors (Lipinski definition) is 6. The summed E-state index contributed by atoms with van der Waals surface area (Å²) in [4.78, 5) is 26.0. The van der Waals surface area contributed by atoms with Crippen molar-refractivity contribution in [3.05, 3.63) is 12.2 Å². The molecule has 4 aliphatic carbocycles. The molecule has 0 aromatic rings. The molecule has 0 aromatic carbocycles. The molecule has 6 fully saturated rings. The summed E-state index contributed by atoms with van der Waals surface area (Å²) >= 11 is 0. The van der Waals surface area contributed by atoms with E-state index in [1.54, 1.807) is 0 Å². The highest BCUT2D eigenvalue weighted by Crippen LogP contribution is 2.80. The number of aliphatic hydroxyl groups is 1. The summed E-state index contributed by atoms with van der Waals surface area (Å²) in [6.45, 7) is 6.05. The normalized spacial score (nSPS) is 60.8. The molecule has 0 radical (unpaired) electrons. The standard InChI is InChI=1S/C20H24O6/c1-9-6-18-8-19(9,23)5-4-11(18)20-7-10-14(25-10)17(2,16(22)26-20)13(20)12(18)15(21)24-3/h10-14,23H,1,4-8H2,2-3H3/t10-,11-,12+,13+,14-,17-,18-,19-,20+/m0/s1. The second-order valence-corrected chi connectivity index (χ2v) is 9.72. The molecule has 9 atom stereocenters. The molecular formula is C20H24O6. The minimum Gasteiger partial charge on any atom is -0.469 e. The summed E-state index contributed by atoms with van der Waals surface area (Å²) in [6.07, 6.45) is 3.02. The maximum Gasteiger partial charge on any atom is 0.315 e. The van der Waals surface area contributed by atoms with E-state index in [2.05, 4.69) is 6.58 Å². The summed E-state index contributed by atoms with van der Waals surface area (Å²) in [5.74, 6) is -1.19. The smallest absolute Gasteiger partial charge is 0.315 e. The Bertz CT molecular complexity index is 791. The molecule has 2 aliphatic heterocycles. The van der Waals surface area contributed by atoms with Crippen LogP contribution in [0.2, 0.25) is 0 Å². The third-order valence-electron chi connectivity index (χ3n) is 8.95. The molecule has 0 aromatic heterocycles. The van der Waals surface area contributed by atoms with Crippen molar-refractivity contribution in [1.82, 2.24) is 0 Å². The summed E-state index contributed by atoms with van der Waals surface area (Å²) < 4.78 is 17.3. The second kappa shape index (κ2) is 4.04. The van der Waals surface area contributed by atoms with E-state index in [-0.39, 0.29) is 36.0 Å². The zero-order chi connectivity index (χ0) is 18.3. The first-order valence-corrected chi connectivity index (χ1v) is 9.60. The molecule has 4 saturated carbocycles. The summed E-state index contributed by atoms with van der Waals surface area (Å²) in [5, 5.41) is 11.1. The van der Waals surface area contributed by atoms with Gasteiger partial charge < -0.3 is 19.3 Å². The number of hydrogen-bond donors (Lipinski definition) is 1. The van der Waals surface area contributed by atoms with Gasteiger partial charge in [0.25, 0.3) is 0 Å². The van der Waals surface area contributed by atoms with Crippen LogP contribution in [0.4, 0.5) is 0 Å².